The molecule has 0 saturated carbocycles. The zero-order chi connectivity index (χ0) is 13.8. The highest BCUT2D eigenvalue weighted by atomic mass is 16.6. The van der Waals surface area contributed by atoms with Gasteiger partial charge in [-0.2, -0.15) is 0 Å². The van der Waals surface area contributed by atoms with Crippen LogP contribution in [0.15, 0.2) is 30.4 Å². The lowest BCUT2D eigenvalue weighted by Crippen LogP contribution is -2.32. The van der Waals surface area contributed by atoms with Crippen molar-refractivity contribution in [2.24, 2.45) is 0 Å². The third-order valence-electron chi connectivity index (χ3n) is 2.92. The number of carbonyl (C=O) groups excluding carboxylic acids is 1. The second kappa shape index (κ2) is 5.78. The van der Waals surface area contributed by atoms with Gasteiger partial charge >= 0.3 is 0 Å². The largest absolute Gasteiger partial charge is 0.486 e. The first kappa shape index (κ1) is 13.5. The monoisotopic (exact) mass is 261 g/mol. The van der Waals surface area contributed by atoms with E-state index in [0.717, 1.165) is 5.57 Å². The molecule has 102 valence electrons. The summed E-state index contributed by atoms with van der Waals surface area (Å²) in [5.74, 6) is 1.33. The summed E-state index contributed by atoms with van der Waals surface area (Å²) in [4.78, 5) is 14.1. The first-order valence-electron chi connectivity index (χ1n) is 6.45. The molecule has 1 amide bonds. The van der Waals surface area contributed by atoms with Gasteiger partial charge in [0.05, 0.1) is 0 Å². The minimum atomic E-state index is -0.0116. The summed E-state index contributed by atoms with van der Waals surface area (Å²) < 4.78 is 10.9. The topological polar surface area (TPSA) is 38.8 Å². The van der Waals surface area contributed by atoms with Crippen molar-refractivity contribution in [3.05, 3.63) is 35.9 Å². The van der Waals surface area contributed by atoms with Crippen molar-refractivity contribution in [3.63, 3.8) is 0 Å². The van der Waals surface area contributed by atoms with Crippen molar-refractivity contribution in [1.29, 1.82) is 0 Å². The Kier molecular flexibility index (Phi) is 4.10. The van der Waals surface area contributed by atoms with Crippen LogP contribution < -0.4 is 9.47 Å². The van der Waals surface area contributed by atoms with Gasteiger partial charge in [0.25, 0.3) is 5.91 Å². The second-order valence-electron chi connectivity index (χ2n) is 4.63. The van der Waals surface area contributed by atoms with E-state index in [1.807, 2.05) is 13.8 Å². The molecule has 0 aromatic heterocycles. The molecule has 19 heavy (non-hydrogen) atoms. The van der Waals surface area contributed by atoms with Crippen LogP contribution in [0.5, 0.6) is 11.5 Å². The van der Waals surface area contributed by atoms with Gasteiger partial charge in [-0.1, -0.05) is 12.2 Å². The minimum absolute atomic E-state index is 0.0116. The van der Waals surface area contributed by atoms with Crippen LogP contribution in [0, 0.1) is 0 Å². The highest BCUT2D eigenvalue weighted by Crippen LogP contribution is 2.31. The Bertz CT molecular complexity index is 496. The van der Waals surface area contributed by atoms with E-state index in [4.69, 9.17) is 9.47 Å². The Balaban J connectivity index is 2.20. The zero-order valence-electron chi connectivity index (χ0n) is 11.4. The van der Waals surface area contributed by atoms with Crippen molar-refractivity contribution >= 4 is 5.91 Å². The fraction of sp³-hybridized carbons (Fsp3) is 0.400. The molecule has 1 aliphatic rings. The number of hydrogen-bond acceptors (Lipinski definition) is 3. The molecular formula is C15H19NO3. The smallest absolute Gasteiger partial charge is 0.254 e. The number of fused-ring (bicyclic) bond motifs is 1. The summed E-state index contributed by atoms with van der Waals surface area (Å²) in [6.07, 6.45) is 0. The molecule has 0 aliphatic carbocycles. The molecule has 1 aliphatic heterocycles. The van der Waals surface area contributed by atoms with E-state index < -0.39 is 0 Å². The summed E-state index contributed by atoms with van der Waals surface area (Å²) in [6.45, 7) is 10.0. The molecule has 0 spiro atoms. The van der Waals surface area contributed by atoms with Crippen LogP contribution in [-0.2, 0) is 0 Å². The number of nitrogens with zero attached hydrogens (tertiary/aromatic N) is 1. The van der Waals surface area contributed by atoms with Crippen molar-refractivity contribution in [1.82, 2.24) is 4.90 Å². The molecule has 0 bridgehead atoms. The molecule has 4 nitrogen and oxygen atoms in total. The van der Waals surface area contributed by atoms with Crippen LogP contribution in [0.3, 0.4) is 0 Å². The number of amides is 1. The SMILES string of the molecule is C=C(C)CN(CC)C(=O)c1ccc2c(c1)OCCO2. The molecule has 4 heteroatoms. The number of benzene rings is 1. The maximum absolute atomic E-state index is 12.4. The zero-order valence-corrected chi connectivity index (χ0v) is 11.4. The normalized spacial score (nSPS) is 12.9. The average Bonchev–Trinajstić information content (AvgIpc) is 2.43. The van der Waals surface area contributed by atoms with Gasteiger partial charge in [0.2, 0.25) is 0 Å². The van der Waals surface area contributed by atoms with Crippen LogP contribution in [0.4, 0.5) is 0 Å². The summed E-state index contributed by atoms with van der Waals surface area (Å²) in [5, 5.41) is 0. The van der Waals surface area contributed by atoms with Crippen LogP contribution in [-0.4, -0.2) is 37.1 Å². The van der Waals surface area contributed by atoms with Gasteiger partial charge in [0.1, 0.15) is 13.2 Å². The van der Waals surface area contributed by atoms with Gasteiger partial charge in [-0.25, -0.2) is 0 Å². The van der Waals surface area contributed by atoms with Gasteiger partial charge in [-0.05, 0) is 32.0 Å². The van der Waals surface area contributed by atoms with Crippen LogP contribution >= 0.6 is 0 Å². The summed E-state index contributed by atoms with van der Waals surface area (Å²) in [5.41, 5.74) is 1.58. The Morgan fingerprint density at radius 1 is 1.32 bits per heavy atom. The first-order chi connectivity index (χ1) is 9.11. The molecule has 0 saturated heterocycles. The fourth-order valence-corrected chi connectivity index (χ4v) is 2.01. The molecule has 0 atom stereocenters. The Morgan fingerprint density at radius 3 is 2.63 bits per heavy atom. The van der Waals surface area contributed by atoms with Gasteiger partial charge < -0.3 is 14.4 Å². The maximum Gasteiger partial charge on any atom is 0.254 e. The molecule has 1 aromatic rings. The highest BCUT2D eigenvalue weighted by Gasteiger charge is 2.18. The molecule has 1 heterocycles. The predicted molar refractivity (Wildman–Crippen MR) is 73.8 cm³/mol. The predicted octanol–water partition coefficient (Wildman–Crippen LogP) is 2.50. The summed E-state index contributed by atoms with van der Waals surface area (Å²) in [7, 11) is 0. The number of rotatable bonds is 4. The Morgan fingerprint density at radius 2 is 2.00 bits per heavy atom. The third-order valence-corrected chi connectivity index (χ3v) is 2.92. The van der Waals surface area contributed by atoms with Crippen molar-refractivity contribution in [3.8, 4) is 11.5 Å². The molecule has 2 rings (SSSR count). The van der Waals surface area contributed by atoms with Gasteiger partial charge in [0.15, 0.2) is 11.5 Å². The first-order valence-corrected chi connectivity index (χ1v) is 6.45. The fourth-order valence-electron chi connectivity index (χ4n) is 2.01. The number of likely N-dealkylation sites (N-methyl/N-ethyl adjacent to an activating group) is 1. The van der Waals surface area contributed by atoms with E-state index in [1.54, 1.807) is 23.1 Å². The van der Waals surface area contributed by atoms with Crippen LogP contribution in [0.2, 0.25) is 0 Å². The van der Waals surface area contributed by atoms with Gasteiger partial charge in [-0.3, -0.25) is 4.79 Å². The molecule has 0 fully saturated rings. The molecule has 0 N–H and O–H groups in total. The van der Waals surface area contributed by atoms with E-state index in [-0.39, 0.29) is 5.91 Å². The van der Waals surface area contributed by atoms with Crippen molar-refractivity contribution in [2.45, 2.75) is 13.8 Å². The second-order valence-corrected chi connectivity index (χ2v) is 4.63. The molecule has 0 radical (unpaired) electrons. The van der Waals surface area contributed by atoms with Crippen LogP contribution in [0.1, 0.15) is 24.2 Å². The average molecular weight is 261 g/mol. The molecular weight excluding hydrogens is 242 g/mol. The quantitative estimate of drug-likeness (QED) is 0.782. The lowest BCUT2D eigenvalue weighted by atomic mass is 10.1. The van der Waals surface area contributed by atoms with Crippen molar-refractivity contribution < 1.29 is 14.3 Å². The van der Waals surface area contributed by atoms with E-state index in [0.29, 0.717) is 43.4 Å². The van der Waals surface area contributed by atoms with E-state index >= 15 is 0 Å². The minimum Gasteiger partial charge on any atom is -0.486 e. The lowest BCUT2D eigenvalue weighted by Gasteiger charge is -2.23. The molecule has 0 unspecified atom stereocenters. The maximum atomic E-state index is 12.4. The van der Waals surface area contributed by atoms with Crippen molar-refractivity contribution in [2.75, 3.05) is 26.3 Å². The lowest BCUT2D eigenvalue weighted by molar-refractivity contribution is 0.0777. The van der Waals surface area contributed by atoms with Gasteiger partial charge in [-0.15, -0.1) is 0 Å². The van der Waals surface area contributed by atoms with Gasteiger partial charge in [0, 0.05) is 18.7 Å². The standard InChI is InChI=1S/C15H19NO3/c1-4-16(10-11(2)3)15(17)12-5-6-13-14(9-12)19-8-7-18-13/h5-6,9H,2,4,7-8,10H2,1,3H3. The molecule has 1 aromatic carbocycles. The van der Waals surface area contributed by atoms with E-state index in [9.17, 15) is 4.79 Å². The van der Waals surface area contributed by atoms with Crippen LogP contribution in [0.25, 0.3) is 0 Å². The summed E-state index contributed by atoms with van der Waals surface area (Å²) >= 11 is 0. The third kappa shape index (κ3) is 3.08. The number of ether oxygens (including phenoxy) is 2. The Labute approximate surface area is 113 Å². The number of hydrogen-bond donors (Lipinski definition) is 0. The van der Waals surface area contributed by atoms with E-state index in [2.05, 4.69) is 6.58 Å². The highest BCUT2D eigenvalue weighted by molar-refractivity contribution is 5.95. The summed E-state index contributed by atoms with van der Waals surface area (Å²) in [6, 6.07) is 5.31. The number of carbonyl (C=O) groups is 1. The Hall–Kier alpha value is -1.97. The van der Waals surface area contributed by atoms with E-state index in [1.165, 1.54) is 0 Å².